The molecule has 0 saturated heterocycles. The number of nitrogens with zero attached hydrogens (tertiary/aromatic N) is 1. The van der Waals surface area contributed by atoms with E-state index in [9.17, 15) is 9.18 Å². The molecular formula is C14H21FN2O. The van der Waals surface area contributed by atoms with Crippen LogP contribution in [0.5, 0.6) is 0 Å². The van der Waals surface area contributed by atoms with E-state index in [1.54, 1.807) is 30.1 Å². The average molecular weight is 252 g/mol. The number of rotatable bonds is 6. The summed E-state index contributed by atoms with van der Waals surface area (Å²) in [6.07, 6.45) is 0.434. The molecule has 0 aliphatic heterocycles. The van der Waals surface area contributed by atoms with Crippen LogP contribution >= 0.6 is 0 Å². The van der Waals surface area contributed by atoms with Crippen LogP contribution in [0.1, 0.15) is 25.8 Å². The van der Waals surface area contributed by atoms with Crippen molar-refractivity contribution in [3.63, 3.8) is 0 Å². The highest BCUT2D eigenvalue weighted by Crippen LogP contribution is 2.09. The molecular weight excluding hydrogens is 231 g/mol. The average Bonchev–Trinajstić information content (AvgIpc) is 2.31. The van der Waals surface area contributed by atoms with E-state index in [2.05, 4.69) is 5.32 Å². The van der Waals surface area contributed by atoms with Crippen molar-refractivity contribution in [3.05, 3.63) is 35.6 Å². The number of carbonyl (C=O) groups is 1. The normalized spacial score (nSPS) is 10.7. The van der Waals surface area contributed by atoms with Crippen molar-refractivity contribution < 1.29 is 9.18 Å². The first kappa shape index (κ1) is 14.6. The molecule has 1 aromatic rings. The zero-order valence-corrected chi connectivity index (χ0v) is 11.2. The van der Waals surface area contributed by atoms with Gasteiger partial charge in [0, 0.05) is 38.2 Å². The highest BCUT2D eigenvalue weighted by molar-refractivity contribution is 5.76. The molecule has 0 aliphatic carbocycles. The van der Waals surface area contributed by atoms with Gasteiger partial charge in [-0.15, -0.1) is 0 Å². The van der Waals surface area contributed by atoms with Crippen molar-refractivity contribution in [1.82, 2.24) is 10.2 Å². The third kappa shape index (κ3) is 4.84. The van der Waals surface area contributed by atoms with E-state index in [0.29, 0.717) is 31.1 Å². The maximum atomic E-state index is 13.4. The first-order valence-corrected chi connectivity index (χ1v) is 6.21. The van der Waals surface area contributed by atoms with Gasteiger partial charge in [0.25, 0.3) is 0 Å². The second-order valence-electron chi connectivity index (χ2n) is 4.70. The lowest BCUT2D eigenvalue weighted by Crippen LogP contribution is -2.31. The third-order valence-corrected chi connectivity index (χ3v) is 2.68. The molecule has 18 heavy (non-hydrogen) atoms. The molecule has 3 nitrogen and oxygen atoms in total. The van der Waals surface area contributed by atoms with Gasteiger partial charge in [-0.3, -0.25) is 4.79 Å². The van der Waals surface area contributed by atoms with Gasteiger partial charge >= 0.3 is 0 Å². The molecule has 0 heterocycles. The first-order chi connectivity index (χ1) is 8.50. The van der Waals surface area contributed by atoms with Gasteiger partial charge in [-0.05, 0) is 6.07 Å². The zero-order valence-electron chi connectivity index (χ0n) is 11.2. The van der Waals surface area contributed by atoms with Crippen molar-refractivity contribution in [2.24, 2.45) is 0 Å². The zero-order chi connectivity index (χ0) is 13.5. The molecule has 0 unspecified atom stereocenters. The number of benzene rings is 1. The Hall–Kier alpha value is -1.42. The van der Waals surface area contributed by atoms with Crippen molar-refractivity contribution in [1.29, 1.82) is 0 Å². The molecule has 0 atom stereocenters. The summed E-state index contributed by atoms with van der Waals surface area (Å²) < 4.78 is 13.4. The Morgan fingerprint density at radius 3 is 2.67 bits per heavy atom. The smallest absolute Gasteiger partial charge is 0.223 e. The lowest BCUT2D eigenvalue weighted by Gasteiger charge is -2.18. The topological polar surface area (TPSA) is 32.3 Å². The Morgan fingerprint density at radius 2 is 2.06 bits per heavy atom. The number of amides is 1. The van der Waals surface area contributed by atoms with Crippen LogP contribution in [0.25, 0.3) is 0 Å². The van der Waals surface area contributed by atoms with E-state index < -0.39 is 0 Å². The van der Waals surface area contributed by atoms with Crippen LogP contribution in [-0.4, -0.2) is 30.4 Å². The van der Waals surface area contributed by atoms with Crippen molar-refractivity contribution in [3.8, 4) is 0 Å². The van der Waals surface area contributed by atoms with Gasteiger partial charge in [-0.2, -0.15) is 0 Å². The van der Waals surface area contributed by atoms with Gasteiger partial charge < -0.3 is 10.2 Å². The summed E-state index contributed by atoms with van der Waals surface area (Å²) in [5.74, 6) is -0.246. The second-order valence-corrected chi connectivity index (χ2v) is 4.70. The van der Waals surface area contributed by atoms with Crippen LogP contribution in [0.3, 0.4) is 0 Å². The van der Waals surface area contributed by atoms with Crippen LogP contribution in [0.2, 0.25) is 0 Å². The monoisotopic (exact) mass is 252 g/mol. The van der Waals surface area contributed by atoms with E-state index in [1.807, 2.05) is 13.8 Å². The summed E-state index contributed by atoms with van der Waals surface area (Å²) in [4.78, 5) is 13.4. The van der Waals surface area contributed by atoms with Crippen LogP contribution in [0, 0.1) is 5.82 Å². The van der Waals surface area contributed by atoms with Gasteiger partial charge in [0.1, 0.15) is 5.82 Å². The molecule has 1 amide bonds. The molecule has 1 N–H and O–H groups in total. The van der Waals surface area contributed by atoms with Crippen LogP contribution in [0.15, 0.2) is 24.3 Å². The summed E-state index contributed by atoms with van der Waals surface area (Å²) >= 11 is 0. The molecule has 0 aliphatic rings. The molecule has 1 rings (SSSR count). The number of hydrogen-bond donors (Lipinski definition) is 1. The number of nitrogens with one attached hydrogen (secondary N) is 1. The predicted molar refractivity (Wildman–Crippen MR) is 70.6 cm³/mol. The Kier molecular flexibility index (Phi) is 5.78. The molecule has 4 heteroatoms. The SMILES string of the molecule is CC(C)NCCC(=O)N(C)Cc1ccccc1F. The molecule has 0 spiro atoms. The van der Waals surface area contributed by atoms with Gasteiger partial charge in [0.15, 0.2) is 0 Å². The summed E-state index contributed by atoms with van der Waals surface area (Å²) in [5.41, 5.74) is 0.546. The highest BCUT2D eigenvalue weighted by atomic mass is 19.1. The Bertz CT molecular complexity index is 393. The van der Waals surface area contributed by atoms with Gasteiger partial charge in [0.2, 0.25) is 5.91 Å². The molecule has 0 radical (unpaired) electrons. The van der Waals surface area contributed by atoms with E-state index >= 15 is 0 Å². The maximum absolute atomic E-state index is 13.4. The van der Waals surface area contributed by atoms with E-state index in [4.69, 9.17) is 0 Å². The number of carbonyl (C=O) groups excluding carboxylic acids is 1. The first-order valence-electron chi connectivity index (χ1n) is 6.21. The van der Waals surface area contributed by atoms with Crippen LogP contribution in [0.4, 0.5) is 4.39 Å². The third-order valence-electron chi connectivity index (χ3n) is 2.68. The fraction of sp³-hybridized carbons (Fsp3) is 0.500. The largest absolute Gasteiger partial charge is 0.341 e. The van der Waals surface area contributed by atoms with Crippen molar-refractivity contribution >= 4 is 5.91 Å². The number of hydrogen-bond acceptors (Lipinski definition) is 2. The van der Waals surface area contributed by atoms with Crippen molar-refractivity contribution in [2.75, 3.05) is 13.6 Å². The maximum Gasteiger partial charge on any atom is 0.223 e. The van der Waals surface area contributed by atoms with Gasteiger partial charge in [0.05, 0.1) is 0 Å². The van der Waals surface area contributed by atoms with Gasteiger partial charge in [-0.1, -0.05) is 32.0 Å². The molecule has 0 aromatic heterocycles. The van der Waals surface area contributed by atoms with E-state index in [1.165, 1.54) is 6.07 Å². The van der Waals surface area contributed by atoms with Gasteiger partial charge in [-0.25, -0.2) is 4.39 Å². The highest BCUT2D eigenvalue weighted by Gasteiger charge is 2.11. The molecule has 0 saturated carbocycles. The van der Waals surface area contributed by atoms with Crippen LogP contribution < -0.4 is 5.32 Å². The quantitative estimate of drug-likeness (QED) is 0.841. The molecule has 0 bridgehead atoms. The molecule has 100 valence electrons. The summed E-state index contributed by atoms with van der Waals surface area (Å²) in [7, 11) is 1.70. The molecule has 0 fully saturated rings. The minimum absolute atomic E-state index is 0.0198. The molecule has 1 aromatic carbocycles. The summed E-state index contributed by atoms with van der Waals surface area (Å²) in [5, 5.41) is 3.18. The summed E-state index contributed by atoms with van der Waals surface area (Å²) in [6.45, 7) is 5.03. The van der Waals surface area contributed by atoms with E-state index in [-0.39, 0.29) is 11.7 Å². The minimum atomic E-state index is -0.266. The second kappa shape index (κ2) is 7.11. The number of halogens is 1. The predicted octanol–water partition coefficient (Wildman–Crippen LogP) is 2.17. The fourth-order valence-electron chi connectivity index (χ4n) is 1.63. The Labute approximate surface area is 108 Å². The lowest BCUT2D eigenvalue weighted by molar-refractivity contribution is -0.130. The fourth-order valence-corrected chi connectivity index (χ4v) is 1.63. The Balaban J connectivity index is 2.43. The Morgan fingerprint density at radius 1 is 1.39 bits per heavy atom. The van der Waals surface area contributed by atoms with Crippen LogP contribution in [-0.2, 0) is 11.3 Å². The van der Waals surface area contributed by atoms with E-state index in [0.717, 1.165) is 0 Å². The standard InChI is InChI=1S/C14H21FN2O/c1-11(2)16-9-8-14(18)17(3)10-12-6-4-5-7-13(12)15/h4-7,11,16H,8-10H2,1-3H3. The minimum Gasteiger partial charge on any atom is -0.341 e. The summed E-state index contributed by atoms with van der Waals surface area (Å²) in [6, 6.07) is 6.90. The lowest BCUT2D eigenvalue weighted by atomic mass is 10.2. The van der Waals surface area contributed by atoms with Crippen molar-refractivity contribution in [2.45, 2.75) is 32.9 Å².